The van der Waals surface area contributed by atoms with Crippen LogP contribution in [0.3, 0.4) is 0 Å². The van der Waals surface area contributed by atoms with Crippen molar-refractivity contribution in [3.63, 3.8) is 0 Å². The van der Waals surface area contributed by atoms with Crippen LogP contribution in [0.2, 0.25) is 10.0 Å². The van der Waals surface area contributed by atoms with Gasteiger partial charge in [0.25, 0.3) is 5.91 Å². The lowest BCUT2D eigenvalue weighted by atomic mass is 9.82. The number of halogens is 2. The molecule has 0 saturated heterocycles. The van der Waals surface area contributed by atoms with E-state index in [9.17, 15) is 14.9 Å². The standard InChI is InChI=1S/C24H26Cl2N4O4/c1-13(19-9-18(25)7-16(10-27)21(19)34-2)30-22-20(26)8-17(12-28-22)23(31)29-11-14-3-5-15(6-4-14)24(32)33/h7-9,12-15H,3-6,11H2,1-2H3,(H,28,30)(H,29,31)(H,32,33)/t13-,14?,15?/m0/s1. The lowest BCUT2D eigenvalue weighted by Crippen LogP contribution is -2.32. The molecule has 2 aromatic rings. The zero-order valence-electron chi connectivity index (χ0n) is 18.9. The lowest BCUT2D eigenvalue weighted by molar-refractivity contribution is -0.143. The number of carbonyl (C=O) groups is 2. The van der Waals surface area contributed by atoms with Gasteiger partial charge in [-0.05, 0) is 56.7 Å². The number of nitrogens with one attached hydrogen (secondary N) is 2. The Morgan fingerprint density at radius 3 is 2.56 bits per heavy atom. The van der Waals surface area contributed by atoms with Crippen molar-refractivity contribution in [3.05, 3.63) is 51.1 Å². The van der Waals surface area contributed by atoms with Crippen LogP contribution in [0, 0.1) is 23.2 Å². The van der Waals surface area contributed by atoms with E-state index in [2.05, 4.69) is 21.7 Å². The van der Waals surface area contributed by atoms with Crippen molar-refractivity contribution < 1.29 is 19.4 Å². The Labute approximate surface area is 208 Å². The van der Waals surface area contributed by atoms with Crippen LogP contribution in [-0.2, 0) is 4.79 Å². The van der Waals surface area contributed by atoms with Crippen molar-refractivity contribution in [3.8, 4) is 11.8 Å². The summed E-state index contributed by atoms with van der Waals surface area (Å²) in [6, 6.07) is 6.51. The molecule has 1 saturated carbocycles. The van der Waals surface area contributed by atoms with Gasteiger partial charge in [0.05, 0.1) is 35.2 Å². The minimum Gasteiger partial charge on any atom is -0.495 e. The number of anilines is 1. The molecular formula is C24H26Cl2N4O4. The number of rotatable bonds is 8. The fourth-order valence-electron chi connectivity index (χ4n) is 4.15. The number of ether oxygens (including phenoxy) is 1. The van der Waals surface area contributed by atoms with Gasteiger partial charge in [0.2, 0.25) is 0 Å². The van der Waals surface area contributed by atoms with Gasteiger partial charge in [-0.3, -0.25) is 9.59 Å². The Bertz CT molecular complexity index is 1110. The molecule has 0 unspecified atom stereocenters. The smallest absolute Gasteiger partial charge is 0.306 e. The van der Waals surface area contributed by atoms with Gasteiger partial charge in [0.1, 0.15) is 17.6 Å². The molecule has 1 aliphatic carbocycles. The minimum atomic E-state index is -0.745. The number of methoxy groups -OCH3 is 1. The van der Waals surface area contributed by atoms with Crippen molar-refractivity contribution in [2.75, 3.05) is 19.0 Å². The number of aliphatic carboxylic acids is 1. The third-order valence-electron chi connectivity index (χ3n) is 6.08. The molecule has 180 valence electrons. The molecule has 3 N–H and O–H groups in total. The number of carbonyl (C=O) groups excluding carboxylic acids is 1. The maximum Gasteiger partial charge on any atom is 0.306 e. The maximum atomic E-state index is 12.6. The molecule has 0 spiro atoms. The van der Waals surface area contributed by atoms with E-state index in [1.54, 1.807) is 6.07 Å². The third-order valence-corrected chi connectivity index (χ3v) is 6.58. The van der Waals surface area contributed by atoms with E-state index < -0.39 is 5.97 Å². The van der Waals surface area contributed by atoms with E-state index in [0.717, 1.165) is 12.8 Å². The maximum absolute atomic E-state index is 12.6. The highest BCUT2D eigenvalue weighted by atomic mass is 35.5. The molecule has 3 rings (SSSR count). The van der Waals surface area contributed by atoms with Crippen molar-refractivity contribution in [2.45, 2.75) is 38.6 Å². The number of aromatic nitrogens is 1. The van der Waals surface area contributed by atoms with Crippen LogP contribution in [0.1, 0.15) is 60.1 Å². The summed E-state index contributed by atoms with van der Waals surface area (Å²) in [5, 5.41) is 25.2. The number of amides is 1. The van der Waals surface area contributed by atoms with E-state index in [4.69, 9.17) is 33.0 Å². The highest BCUT2D eigenvalue weighted by Crippen LogP contribution is 2.35. The van der Waals surface area contributed by atoms with Gasteiger partial charge in [0.15, 0.2) is 0 Å². The van der Waals surface area contributed by atoms with Crippen LogP contribution in [0.5, 0.6) is 5.75 Å². The number of nitriles is 1. The molecule has 1 atom stereocenters. The van der Waals surface area contributed by atoms with Crippen LogP contribution >= 0.6 is 23.2 Å². The Kier molecular flexibility index (Phi) is 8.59. The summed E-state index contributed by atoms with van der Waals surface area (Å²) in [5.41, 5.74) is 1.32. The van der Waals surface area contributed by atoms with Crippen LogP contribution in [0.15, 0.2) is 24.4 Å². The summed E-state index contributed by atoms with van der Waals surface area (Å²) in [4.78, 5) is 27.9. The van der Waals surface area contributed by atoms with Gasteiger partial charge in [-0.15, -0.1) is 0 Å². The minimum absolute atomic E-state index is 0.260. The molecule has 1 amide bonds. The van der Waals surface area contributed by atoms with Gasteiger partial charge in [-0.1, -0.05) is 23.2 Å². The summed E-state index contributed by atoms with van der Waals surface area (Å²) in [6.45, 7) is 2.34. The summed E-state index contributed by atoms with van der Waals surface area (Å²) in [6.07, 6.45) is 4.26. The van der Waals surface area contributed by atoms with Crippen LogP contribution in [-0.4, -0.2) is 35.6 Å². The predicted octanol–water partition coefficient (Wildman–Crippen LogP) is 5.06. The first-order valence-electron chi connectivity index (χ1n) is 10.9. The summed E-state index contributed by atoms with van der Waals surface area (Å²) in [7, 11) is 1.48. The van der Waals surface area contributed by atoms with Crippen molar-refractivity contribution in [2.24, 2.45) is 11.8 Å². The molecule has 1 aromatic heterocycles. The first kappa shape index (κ1) is 25.6. The van der Waals surface area contributed by atoms with E-state index in [1.807, 2.05) is 6.92 Å². The Hall–Kier alpha value is -3.02. The Morgan fingerprint density at radius 2 is 1.97 bits per heavy atom. The fraction of sp³-hybridized carbons (Fsp3) is 0.417. The highest BCUT2D eigenvalue weighted by molar-refractivity contribution is 6.33. The number of benzene rings is 1. The zero-order chi connectivity index (χ0) is 24.8. The fourth-order valence-corrected chi connectivity index (χ4v) is 4.60. The van der Waals surface area contributed by atoms with Gasteiger partial charge in [-0.25, -0.2) is 4.98 Å². The molecular weight excluding hydrogens is 479 g/mol. The average Bonchev–Trinajstić information content (AvgIpc) is 2.83. The van der Waals surface area contributed by atoms with Gasteiger partial charge < -0.3 is 20.5 Å². The molecule has 1 aromatic carbocycles. The monoisotopic (exact) mass is 504 g/mol. The van der Waals surface area contributed by atoms with E-state index in [0.29, 0.717) is 52.7 Å². The molecule has 0 aliphatic heterocycles. The molecule has 0 radical (unpaired) electrons. The van der Waals surface area contributed by atoms with Crippen molar-refractivity contribution in [1.29, 1.82) is 5.26 Å². The number of carboxylic acids is 1. The Morgan fingerprint density at radius 1 is 1.26 bits per heavy atom. The van der Waals surface area contributed by atoms with Crippen molar-refractivity contribution >= 4 is 40.9 Å². The second-order valence-electron chi connectivity index (χ2n) is 8.37. The molecule has 34 heavy (non-hydrogen) atoms. The third kappa shape index (κ3) is 6.10. The second-order valence-corrected chi connectivity index (χ2v) is 9.22. The Balaban J connectivity index is 1.63. The lowest BCUT2D eigenvalue weighted by Gasteiger charge is -2.26. The molecule has 1 fully saturated rings. The van der Waals surface area contributed by atoms with Gasteiger partial charge in [0, 0.05) is 23.3 Å². The number of pyridine rings is 1. The number of nitrogens with zero attached hydrogens (tertiary/aromatic N) is 2. The molecule has 1 aliphatic rings. The van der Waals surface area contributed by atoms with E-state index in [1.165, 1.54) is 25.4 Å². The summed E-state index contributed by atoms with van der Waals surface area (Å²) in [5.74, 6) is -0.267. The topological polar surface area (TPSA) is 124 Å². The quantitative estimate of drug-likeness (QED) is 0.458. The number of carboxylic acid groups (broad SMARTS) is 1. The molecule has 10 heteroatoms. The largest absolute Gasteiger partial charge is 0.495 e. The normalized spacial score (nSPS) is 18.4. The van der Waals surface area contributed by atoms with Crippen LogP contribution in [0.4, 0.5) is 5.82 Å². The zero-order valence-corrected chi connectivity index (χ0v) is 20.4. The first-order valence-corrected chi connectivity index (χ1v) is 11.7. The van der Waals surface area contributed by atoms with Crippen LogP contribution < -0.4 is 15.4 Å². The first-order chi connectivity index (χ1) is 16.2. The average molecular weight is 505 g/mol. The van der Waals surface area contributed by atoms with E-state index in [-0.39, 0.29) is 28.8 Å². The summed E-state index contributed by atoms with van der Waals surface area (Å²) >= 11 is 12.5. The predicted molar refractivity (Wildman–Crippen MR) is 129 cm³/mol. The van der Waals surface area contributed by atoms with Gasteiger partial charge in [-0.2, -0.15) is 5.26 Å². The highest BCUT2D eigenvalue weighted by Gasteiger charge is 2.26. The molecule has 8 nitrogen and oxygen atoms in total. The van der Waals surface area contributed by atoms with Crippen LogP contribution in [0.25, 0.3) is 0 Å². The van der Waals surface area contributed by atoms with Crippen molar-refractivity contribution in [1.82, 2.24) is 10.3 Å². The second kappa shape index (κ2) is 11.4. The number of hydrogen-bond acceptors (Lipinski definition) is 6. The summed E-state index contributed by atoms with van der Waals surface area (Å²) < 4.78 is 5.40. The van der Waals surface area contributed by atoms with Gasteiger partial charge >= 0.3 is 5.97 Å². The molecule has 0 bridgehead atoms. The number of hydrogen-bond donors (Lipinski definition) is 3. The molecule has 1 heterocycles. The SMILES string of the molecule is COc1c(C#N)cc(Cl)cc1[C@H](C)Nc1ncc(C(=O)NCC2CCC(C(=O)O)CC2)cc1Cl. The van der Waals surface area contributed by atoms with E-state index >= 15 is 0 Å².